The van der Waals surface area contributed by atoms with Crippen LogP contribution in [-0.2, 0) is 0 Å². The summed E-state index contributed by atoms with van der Waals surface area (Å²) in [6.45, 7) is 6.67. The van der Waals surface area contributed by atoms with Gasteiger partial charge in [0, 0.05) is 6.04 Å². The van der Waals surface area contributed by atoms with Crippen LogP contribution < -0.4 is 5.73 Å². The first-order chi connectivity index (χ1) is 5.70. The first-order valence-corrected chi connectivity index (χ1v) is 5.46. The molecule has 0 aromatic carbocycles. The Morgan fingerprint density at radius 2 is 1.42 bits per heavy atom. The summed E-state index contributed by atoms with van der Waals surface area (Å²) in [5.41, 5.74) is 5.70. The Labute approximate surface area is 77.7 Å². The van der Waals surface area contributed by atoms with Crippen molar-refractivity contribution in [1.82, 2.24) is 0 Å². The molecule has 1 fully saturated rings. The van der Waals surface area contributed by atoms with E-state index < -0.39 is 0 Å². The normalized spacial score (nSPS) is 29.0. The Morgan fingerprint density at radius 3 is 1.67 bits per heavy atom. The summed E-state index contributed by atoms with van der Waals surface area (Å²) in [5, 5.41) is 0. The third kappa shape index (κ3) is 6.66. The molecule has 1 aliphatic rings. The number of unbranched alkanes of at least 4 members (excludes halogenated alkanes) is 1. The largest absolute Gasteiger partial charge is 0.328 e. The van der Waals surface area contributed by atoms with Crippen LogP contribution in [0, 0.1) is 5.92 Å². The second-order valence-corrected chi connectivity index (χ2v) is 4.02. The van der Waals surface area contributed by atoms with Gasteiger partial charge in [0.15, 0.2) is 0 Å². The van der Waals surface area contributed by atoms with E-state index in [1.54, 1.807) is 0 Å². The molecule has 74 valence electrons. The highest BCUT2D eigenvalue weighted by molar-refractivity contribution is 4.70. The van der Waals surface area contributed by atoms with Crippen molar-refractivity contribution in [2.24, 2.45) is 11.7 Å². The van der Waals surface area contributed by atoms with Gasteiger partial charge < -0.3 is 5.73 Å². The van der Waals surface area contributed by atoms with Crippen molar-refractivity contribution in [1.29, 1.82) is 0 Å². The smallest absolute Gasteiger partial charge is 0.00390 e. The first kappa shape index (κ1) is 12.0. The summed E-state index contributed by atoms with van der Waals surface area (Å²) >= 11 is 0. The molecular weight excluding hydrogens is 146 g/mol. The number of hydrogen-bond donors (Lipinski definition) is 1. The zero-order valence-electron chi connectivity index (χ0n) is 8.97. The molecule has 0 radical (unpaired) electrons. The van der Waals surface area contributed by atoms with Crippen LogP contribution in [0.25, 0.3) is 0 Å². The maximum atomic E-state index is 5.70. The quantitative estimate of drug-likeness (QED) is 0.643. The van der Waals surface area contributed by atoms with Gasteiger partial charge in [-0.2, -0.15) is 0 Å². The molecule has 1 nitrogen and oxygen atoms in total. The average Bonchev–Trinajstić information content (AvgIpc) is 2.11. The minimum Gasteiger partial charge on any atom is -0.328 e. The lowest BCUT2D eigenvalue weighted by molar-refractivity contribution is 0.348. The maximum absolute atomic E-state index is 5.70. The van der Waals surface area contributed by atoms with E-state index in [0.717, 1.165) is 5.92 Å². The zero-order valence-corrected chi connectivity index (χ0v) is 8.97. The summed E-state index contributed by atoms with van der Waals surface area (Å²) in [4.78, 5) is 0. The Bertz CT molecular complexity index is 71.0. The molecule has 2 N–H and O–H groups in total. The molecule has 1 aliphatic carbocycles. The first-order valence-electron chi connectivity index (χ1n) is 5.46. The molecule has 1 saturated carbocycles. The van der Waals surface area contributed by atoms with Gasteiger partial charge in [-0.3, -0.25) is 0 Å². The molecule has 0 aromatic rings. The molecule has 0 aliphatic heterocycles. The highest BCUT2D eigenvalue weighted by Gasteiger charge is 2.13. The zero-order chi connectivity index (χ0) is 9.40. The van der Waals surface area contributed by atoms with Gasteiger partial charge in [-0.25, -0.2) is 0 Å². The average molecular weight is 171 g/mol. The monoisotopic (exact) mass is 171 g/mol. The van der Waals surface area contributed by atoms with Gasteiger partial charge in [0.25, 0.3) is 0 Å². The third-order valence-corrected chi connectivity index (χ3v) is 2.56. The van der Waals surface area contributed by atoms with E-state index in [1.807, 2.05) is 0 Å². The number of rotatable bonds is 1. The fourth-order valence-corrected chi connectivity index (χ4v) is 1.29. The van der Waals surface area contributed by atoms with Gasteiger partial charge in [0.2, 0.25) is 0 Å². The lowest BCUT2D eigenvalue weighted by Crippen LogP contribution is -2.25. The van der Waals surface area contributed by atoms with Crippen molar-refractivity contribution in [2.75, 3.05) is 0 Å². The molecule has 12 heavy (non-hydrogen) atoms. The van der Waals surface area contributed by atoms with E-state index in [1.165, 1.54) is 38.5 Å². The molecule has 0 saturated heterocycles. The standard InChI is InChI=1S/C7H15N.C4H10/c1-6-2-4-7(8)5-3-6;1-3-4-2/h6-7H,2-5,8H2,1H3;3-4H2,1-2H3. The molecule has 1 rings (SSSR count). The van der Waals surface area contributed by atoms with Crippen LogP contribution in [0.2, 0.25) is 0 Å². The van der Waals surface area contributed by atoms with Crippen molar-refractivity contribution in [3.05, 3.63) is 0 Å². The molecular formula is C11H25N. The van der Waals surface area contributed by atoms with Crippen molar-refractivity contribution in [3.63, 3.8) is 0 Å². The van der Waals surface area contributed by atoms with Crippen LogP contribution in [-0.4, -0.2) is 6.04 Å². The molecule has 0 atom stereocenters. The second kappa shape index (κ2) is 7.60. The maximum Gasteiger partial charge on any atom is 0.00390 e. The summed E-state index contributed by atoms with van der Waals surface area (Å²) in [5.74, 6) is 0.940. The Hall–Kier alpha value is -0.0400. The van der Waals surface area contributed by atoms with E-state index in [-0.39, 0.29) is 0 Å². The summed E-state index contributed by atoms with van der Waals surface area (Å²) < 4.78 is 0. The number of nitrogens with two attached hydrogens (primary N) is 1. The highest BCUT2D eigenvalue weighted by atomic mass is 14.6. The molecule has 1 heteroatoms. The lowest BCUT2D eigenvalue weighted by Gasteiger charge is -2.22. The summed E-state index contributed by atoms with van der Waals surface area (Å²) in [6, 6.07) is 0.520. The van der Waals surface area contributed by atoms with Crippen LogP contribution in [0.5, 0.6) is 0 Å². The van der Waals surface area contributed by atoms with Gasteiger partial charge in [0.1, 0.15) is 0 Å². The van der Waals surface area contributed by atoms with Crippen LogP contribution in [0.15, 0.2) is 0 Å². The third-order valence-electron chi connectivity index (χ3n) is 2.56. The predicted octanol–water partition coefficient (Wildman–Crippen LogP) is 3.33. The molecule has 0 bridgehead atoms. The lowest BCUT2D eigenvalue weighted by atomic mass is 9.88. The van der Waals surface area contributed by atoms with Crippen LogP contribution >= 0.6 is 0 Å². The van der Waals surface area contributed by atoms with Gasteiger partial charge >= 0.3 is 0 Å². The Kier molecular flexibility index (Phi) is 7.58. The van der Waals surface area contributed by atoms with Gasteiger partial charge in [-0.15, -0.1) is 0 Å². The minimum atomic E-state index is 0.520. The molecule has 0 spiro atoms. The van der Waals surface area contributed by atoms with Gasteiger partial charge in [-0.1, -0.05) is 33.6 Å². The van der Waals surface area contributed by atoms with Crippen molar-refractivity contribution >= 4 is 0 Å². The Morgan fingerprint density at radius 1 is 1.00 bits per heavy atom. The highest BCUT2D eigenvalue weighted by Crippen LogP contribution is 2.21. The van der Waals surface area contributed by atoms with Crippen LogP contribution in [0.1, 0.15) is 59.3 Å². The second-order valence-electron chi connectivity index (χ2n) is 4.02. The Balaban J connectivity index is 0.000000261. The summed E-state index contributed by atoms with van der Waals surface area (Å²) in [6.07, 6.45) is 7.84. The SMILES string of the molecule is CC1CCC(N)CC1.CCCC. The van der Waals surface area contributed by atoms with Crippen LogP contribution in [0.3, 0.4) is 0 Å². The summed E-state index contributed by atoms with van der Waals surface area (Å²) in [7, 11) is 0. The molecule has 0 amide bonds. The molecule has 0 heterocycles. The fraction of sp³-hybridized carbons (Fsp3) is 1.00. The molecule has 0 aromatic heterocycles. The van der Waals surface area contributed by atoms with E-state index in [0.29, 0.717) is 6.04 Å². The fourth-order valence-electron chi connectivity index (χ4n) is 1.29. The van der Waals surface area contributed by atoms with Gasteiger partial charge in [0.05, 0.1) is 0 Å². The van der Waals surface area contributed by atoms with E-state index >= 15 is 0 Å². The topological polar surface area (TPSA) is 26.0 Å². The van der Waals surface area contributed by atoms with Crippen LogP contribution in [0.4, 0.5) is 0 Å². The van der Waals surface area contributed by atoms with E-state index in [4.69, 9.17) is 5.73 Å². The van der Waals surface area contributed by atoms with Crippen molar-refractivity contribution < 1.29 is 0 Å². The predicted molar refractivity (Wildman–Crippen MR) is 56.2 cm³/mol. The molecule has 0 unspecified atom stereocenters. The van der Waals surface area contributed by atoms with E-state index in [2.05, 4.69) is 20.8 Å². The van der Waals surface area contributed by atoms with E-state index in [9.17, 15) is 0 Å². The van der Waals surface area contributed by atoms with Crippen molar-refractivity contribution in [3.8, 4) is 0 Å². The van der Waals surface area contributed by atoms with Gasteiger partial charge in [-0.05, 0) is 31.6 Å². The number of hydrogen-bond acceptors (Lipinski definition) is 1. The minimum absolute atomic E-state index is 0.520. The van der Waals surface area contributed by atoms with Crippen molar-refractivity contribution in [2.45, 2.75) is 65.3 Å².